The van der Waals surface area contributed by atoms with Gasteiger partial charge >= 0.3 is 0 Å². The molecule has 0 aromatic heterocycles. The molecule has 2 N–H and O–H groups in total. The molecule has 0 saturated heterocycles. The summed E-state index contributed by atoms with van der Waals surface area (Å²) in [5.41, 5.74) is 7.97. The van der Waals surface area contributed by atoms with Crippen LogP contribution >= 0.6 is 0 Å². The van der Waals surface area contributed by atoms with Crippen molar-refractivity contribution in [2.45, 2.75) is 33.6 Å². The molecule has 0 amide bonds. The average molecular weight is 165 g/mol. The molecule has 1 rings (SSSR count). The van der Waals surface area contributed by atoms with Gasteiger partial charge < -0.3 is 5.73 Å². The Kier molecular flexibility index (Phi) is 2.31. The normalized spacial score (nSPS) is 19.4. The van der Waals surface area contributed by atoms with Gasteiger partial charge in [0.15, 0.2) is 0 Å². The molecule has 1 aliphatic rings. The van der Waals surface area contributed by atoms with Crippen LogP contribution in [0.3, 0.4) is 0 Å². The molecule has 68 valence electrons. The van der Waals surface area contributed by atoms with Crippen LogP contribution in [0.2, 0.25) is 0 Å². The Hall–Kier alpha value is -0.720. The summed E-state index contributed by atoms with van der Waals surface area (Å²) in [4.78, 5) is 0. The van der Waals surface area contributed by atoms with Gasteiger partial charge in [0, 0.05) is 5.70 Å². The van der Waals surface area contributed by atoms with Crippen LogP contribution in [0.5, 0.6) is 0 Å². The van der Waals surface area contributed by atoms with E-state index in [2.05, 4.69) is 33.4 Å². The van der Waals surface area contributed by atoms with Crippen LogP contribution in [0.15, 0.2) is 23.9 Å². The first-order chi connectivity index (χ1) is 5.41. The molecule has 0 atom stereocenters. The zero-order chi connectivity index (χ0) is 9.35. The number of nitrogens with two attached hydrogens (primary N) is 1. The highest BCUT2D eigenvalue weighted by Crippen LogP contribution is 2.34. The molecular weight excluding hydrogens is 146 g/mol. The van der Waals surface area contributed by atoms with E-state index in [9.17, 15) is 0 Å². The molecule has 0 bridgehead atoms. The second-order valence-corrected chi connectivity index (χ2v) is 4.69. The van der Waals surface area contributed by atoms with E-state index in [-0.39, 0.29) is 5.41 Å². The number of rotatable bonds is 2. The average Bonchev–Trinajstić information content (AvgIpc) is 2.68. The van der Waals surface area contributed by atoms with E-state index < -0.39 is 0 Å². The van der Waals surface area contributed by atoms with Crippen LogP contribution in [0.25, 0.3) is 0 Å². The van der Waals surface area contributed by atoms with Crippen molar-refractivity contribution in [1.29, 1.82) is 0 Å². The highest BCUT2D eigenvalue weighted by molar-refractivity contribution is 5.31. The molecule has 1 aliphatic carbocycles. The summed E-state index contributed by atoms with van der Waals surface area (Å²) in [6.07, 6.45) is 4.77. The minimum Gasteiger partial charge on any atom is -0.399 e. The minimum atomic E-state index is 0.107. The van der Waals surface area contributed by atoms with Gasteiger partial charge in [-0.1, -0.05) is 33.4 Å². The summed E-state index contributed by atoms with van der Waals surface area (Å²) in [7, 11) is 0. The van der Waals surface area contributed by atoms with Gasteiger partial charge in [0.25, 0.3) is 0 Å². The van der Waals surface area contributed by atoms with E-state index in [0.29, 0.717) is 0 Å². The molecule has 0 aromatic rings. The van der Waals surface area contributed by atoms with Crippen LogP contribution in [0.1, 0.15) is 33.6 Å². The van der Waals surface area contributed by atoms with Crippen molar-refractivity contribution in [3.05, 3.63) is 23.9 Å². The van der Waals surface area contributed by atoms with Crippen molar-refractivity contribution in [3.8, 4) is 0 Å². The van der Waals surface area contributed by atoms with E-state index in [1.165, 1.54) is 12.8 Å². The first-order valence-electron chi connectivity index (χ1n) is 4.58. The van der Waals surface area contributed by atoms with Gasteiger partial charge in [-0.05, 0) is 29.7 Å². The SMILES string of the molecule is C=C(/C(N)=C/C1CC1)C(C)(C)C. The maximum atomic E-state index is 5.91. The van der Waals surface area contributed by atoms with Gasteiger partial charge in [0.2, 0.25) is 0 Å². The Morgan fingerprint density at radius 1 is 1.42 bits per heavy atom. The standard InChI is InChI=1S/C11H19N/c1-8(11(2,3)4)10(12)7-9-5-6-9/h7,9H,1,5-6,12H2,2-4H3/b10-7-. The first-order valence-corrected chi connectivity index (χ1v) is 4.58. The molecule has 0 aliphatic heterocycles. The highest BCUT2D eigenvalue weighted by atomic mass is 14.6. The molecule has 1 nitrogen and oxygen atoms in total. The van der Waals surface area contributed by atoms with Gasteiger partial charge in [-0.25, -0.2) is 0 Å². The lowest BCUT2D eigenvalue weighted by atomic mass is 9.85. The molecular formula is C11H19N. The number of hydrogen-bond acceptors (Lipinski definition) is 1. The van der Waals surface area contributed by atoms with Crippen LogP contribution in [-0.2, 0) is 0 Å². The Morgan fingerprint density at radius 2 is 1.92 bits per heavy atom. The predicted octanol–water partition coefficient (Wildman–Crippen LogP) is 2.84. The van der Waals surface area contributed by atoms with Gasteiger partial charge in [-0.3, -0.25) is 0 Å². The lowest BCUT2D eigenvalue weighted by Crippen LogP contribution is -2.15. The fraction of sp³-hybridized carbons (Fsp3) is 0.636. The first kappa shape index (κ1) is 9.37. The molecule has 0 radical (unpaired) electrons. The smallest absolute Gasteiger partial charge is 0.0308 e. The third kappa shape index (κ3) is 2.40. The van der Waals surface area contributed by atoms with E-state index in [1.807, 2.05) is 0 Å². The van der Waals surface area contributed by atoms with Crippen LogP contribution in [0, 0.1) is 11.3 Å². The molecule has 0 heterocycles. The number of allylic oxidation sites excluding steroid dienone is 2. The lowest BCUT2D eigenvalue weighted by molar-refractivity contribution is 0.510. The quantitative estimate of drug-likeness (QED) is 0.626. The maximum absolute atomic E-state index is 5.91. The van der Waals surface area contributed by atoms with E-state index >= 15 is 0 Å². The fourth-order valence-electron chi connectivity index (χ4n) is 1.05. The summed E-state index contributed by atoms with van der Waals surface area (Å²) in [5, 5.41) is 0. The minimum absolute atomic E-state index is 0.107. The zero-order valence-corrected chi connectivity index (χ0v) is 8.35. The maximum Gasteiger partial charge on any atom is 0.0308 e. The van der Waals surface area contributed by atoms with Crippen LogP contribution in [0.4, 0.5) is 0 Å². The lowest BCUT2D eigenvalue weighted by Gasteiger charge is -2.22. The third-order valence-corrected chi connectivity index (χ3v) is 2.29. The molecule has 1 fully saturated rings. The van der Waals surface area contributed by atoms with Crippen molar-refractivity contribution in [2.75, 3.05) is 0 Å². The molecule has 12 heavy (non-hydrogen) atoms. The molecule has 0 aromatic carbocycles. The monoisotopic (exact) mass is 165 g/mol. The van der Waals surface area contributed by atoms with E-state index in [0.717, 1.165) is 17.2 Å². The topological polar surface area (TPSA) is 26.0 Å². The van der Waals surface area contributed by atoms with Gasteiger partial charge in [0.05, 0.1) is 0 Å². The van der Waals surface area contributed by atoms with Crippen molar-refractivity contribution in [3.63, 3.8) is 0 Å². The molecule has 1 saturated carbocycles. The highest BCUT2D eigenvalue weighted by Gasteiger charge is 2.22. The predicted molar refractivity (Wildman–Crippen MR) is 53.6 cm³/mol. The Bertz CT molecular complexity index is 214. The summed E-state index contributed by atoms with van der Waals surface area (Å²) >= 11 is 0. The molecule has 1 heteroatoms. The van der Waals surface area contributed by atoms with E-state index in [1.54, 1.807) is 0 Å². The third-order valence-electron chi connectivity index (χ3n) is 2.29. The summed E-state index contributed by atoms with van der Waals surface area (Å²) < 4.78 is 0. The Labute approximate surface area is 75.3 Å². The molecule has 0 unspecified atom stereocenters. The van der Waals surface area contributed by atoms with Crippen LogP contribution in [-0.4, -0.2) is 0 Å². The second-order valence-electron chi connectivity index (χ2n) is 4.69. The van der Waals surface area contributed by atoms with Gasteiger partial charge in [0.1, 0.15) is 0 Å². The van der Waals surface area contributed by atoms with Crippen molar-refractivity contribution in [1.82, 2.24) is 0 Å². The van der Waals surface area contributed by atoms with Gasteiger partial charge in [-0.2, -0.15) is 0 Å². The summed E-state index contributed by atoms with van der Waals surface area (Å²) in [5.74, 6) is 0.740. The Morgan fingerprint density at radius 3 is 2.25 bits per heavy atom. The summed E-state index contributed by atoms with van der Waals surface area (Å²) in [6, 6.07) is 0. The Balaban J connectivity index is 2.62. The van der Waals surface area contributed by atoms with E-state index in [4.69, 9.17) is 5.73 Å². The summed E-state index contributed by atoms with van der Waals surface area (Å²) in [6.45, 7) is 10.4. The van der Waals surface area contributed by atoms with Crippen molar-refractivity contribution < 1.29 is 0 Å². The van der Waals surface area contributed by atoms with Gasteiger partial charge in [-0.15, -0.1) is 0 Å². The fourth-order valence-corrected chi connectivity index (χ4v) is 1.05. The molecule has 0 spiro atoms. The van der Waals surface area contributed by atoms with Crippen LogP contribution < -0.4 is 5.73 Å². The number of hydrogen-bond donors (Lipinski definition) is 1. The largest absolute Gasteiger partial charge is 0.399 e. The van der Waals surface area contributed by atoms with Crippen molar-refractivity contribution in [2.24, 2.45) is 17.1 Å². The van der Waals surface area contributed by atoms with Crippen molar-refractivity contribution >= 4 is 0 Å². The zero-order valence-electron chi connectivity index (χ0n) is 8.35. The second kappa shape index (κ2) is 2.96.